The predicted molar refractivity (Wildman–Crippen MR) is 80.0 cm³/mol. The summed E-state index contributed by atoms with van der Waals surface area (Å²) >= 11 is 11.5. The van der Waals surface area contributed by atoms with E-state index in [1.165, 1.54) is 6.07 Å². The molecule has 0 saturated heterocycles. The smallest absolute Gasteiger partial charge is 0.232 e. The van der Waals surface area contributed by atoms with E-state index in [0.29, 0.717) is 28.8 Å². The molecule has 0 heterocycles. The van der Waals surface area contributed by atoms with Gasteiger partial charge in [-0.3, -0.25) is 4.72 Å². The molecule has 0 spiro atoms. The minimum Gasteiger partial charge on any atom is -0.489 e. The molecule has 0 saturated carbocycles. The van der Waals surface area contributed by atoms with Crippen molar-refractivity contribution in [3.05, 3.63) is 23.2 Å². The zero-order chi connectivity index (χ0) is 14.5. The summed E-state index contributed by atoms with van der Waals surface area (Å²) in [6.07, 6.45) is 0.405. The van der Waals surface area contributed by atoms with E-state index in [1.807, 2.05) is 13.8 Å². The lowest BCUT2D eigenvalue weighted by Gasteiger charge is -2.13. The van der Waals surface area contributed by atoms with E-state index in [2.05, 4.69) is 4.72 Å². The molecular weight excluding hydrogens is 309 g/mol. The highest BCUT2D eigenvalue weighted by Crippen LogP contribution is 2.28. The Morgan fingerprint density at radius 1 is 1.37 bits per heavy atom. The quantitative estimate of drug-likeness (QED) is 0.780. The molecule has 0 radical (unpaired) electrons. The van der Waals surface area contributed by atoms with Gasteiger partial charge in [-0.15, -0.1) is 11.6 Å². The molecule has 0 aliphatic heterocycles. The van der Waals surface area contributed by atoms with Crippen LogP contribution in [0.5, 0.6) is 5.75 Å². The van der Waals surface area contributed by atoms with E-state index < -0.39 is 10.0 Å². The Hall–Kier alpha value is -0.650. The number of halogens is 2. The standard InChI is InChI=1S/C12H17Cl2NO3S/c1-9(2)18-12-5-4-10(8-11(12)14)15-19(16,17)7-3-6-13/h4-5,8-9,15H,3,6-7H2,1-2H3. The predicted octanol–water partition coefficient (Wildman–Crippen LogP) is 3.50. The van der Waals surface area contributed by atoms with Gasteiger partial charge in [0.25, 0.3) is 0 Å². The summed E-state index contributed by atoms with van der Waals surface area (Å²) in [5.74, 6) is 0.821. The molecule has 0 unspecified atom stereocenters. The second kappa shape index (κ2) is 7.22. The topological polar surface area (TPSA) is 55.4 Å². The van der Waals surface area contributed by atoms with E-state index in [0.717, 1.165) is 0 Å². The van der Waals surface area contributed by atoms with E-state index in [-0.39, 0.29) is 11.9 Å². The lowest BCUT2D eigenvalue weighted by molar-refractivity contribution is 0.242. The normalized spacial score (nSPS) is 11.6. The molecule has 0 bridgehead atoms. The first-order valence-electron chi connectivity index (χ1n) is 5.86. The minimum atomic E-state index is -3.38. The zero-order valence-electron chi connectivity index (χ0n) is 10.8. The maximum Gasteiger partial charge on any atom is 0.232 e. The zero-order valence-corrected chi connectivity index (χ0v) is 13.1. The first-order chi connectivity index (χ1) is 8.84. The van der Waals surface area contributed by atoms with E-state index >= 15 is 0 Å². The number of anilines is 1. The Bertz CT molecular complexity index is 518. The number of ether oxygens (including phenoxy) is 1. The molecule has 0 aromatic heterocycles. The highest BCUT2D eigenvalue weighted by molar-refractivity contribution is 7.92. The molecular formula is C12H17Cl2NO3S. The Morgan fingerprint density at radius 2 is 2.05 bits per heavy atom. The lowest BCUT2D eigenvalue weighted by Crippen LogP contribution is -2.17. The molecule has 7 heteroatoms. The van der Waals surface area contributed by atoms with Gasteiger partial charge in [0.2, 0.25) is 10.0 Å². The van der Waals surface area contributed by atoms with Gasteiger partial charge >= 0.3 is 0 Å². The number of hydrogen-bond acceptors (Lipinski definition) is 3. The number of benzene rings is 1. The van der Waals surface area contributed by atoms with Crippen LogP contribution in [-0.4, -0.2) is 26.2 Å². The summed E-state index contributed by atoms with van der Waals surface area (Å²) in [6, 6.07) is 4.78. The Morgan fingerprint density at radius 3 is 2.58 bits per heavy atom. The third-order valence-corrected chi connectivity index (χ3v) is 4.05. The van der Waals surface area contributed by atoms with Crippen LogP contribution in [0.2, 0.25) is 5.02 Å². The van der Waals surface area contributed by atoms with Crippen LogP contribution >= 0.6 is 23.2 Å². The van der Waals surface area contributed by atoms with E-state index in [4.69, 9.17) is 27.9 Å². The summed E-state index contributed by atoms with van der Waals surface area (Å²) < 4.78 is 31.3. The fourth-order valence-electron chi connectivity index (χ4n) is 1.39. The number of nitrogens with one attached hydrogen (secondary N) is 1. The fourth-order valence-corrected chi connectivity index (χ4v) is 3.02. The first-order valence-corrected chi connectivity index (χ1v) is 8.43. The minimum absolute atomic E-state index is 0.00348. The van der Waals surface area contributed by atoms with Crippen molar-refractivity contribution in [2.24, 2.45) is 0 Å². The summed E-state index contributed by atoms with van der Waals surface area (Å²) in [7, 11) is -3.38. The Balaban J connectivity index is 2.78. The van der Waals surface area contributed by atoms with Crippen LogP contribution < -0.4 is 9.46 Å². The Labute approximate surface area is 124 Å². The van der Waals surface area contributed by atoms with Gasteiger partial charge in [0, 0.05) is 5.88 Å². The van der Waals surface area contributed by atoms with Crippen molar-refractivity contribution in [3.8, 4) is 5.75 Å². The Kier molecular flexibility index (Phi) is 6.23. The summed E-state index contributed by atoms with van der Waals surface area (Å²) in [5.41, 5.74) is 0.413. The van der Waals surface area contributed by atoms with Gasteiger partial charge in [-0.1, -0.05) is 11.6 Å². The lowest BCUT2D eigenvalue weighted by atomic mass is 10.3. The van der Waals surface area contributed by atoms with Crippen molar-refractivity contribution in [1.29, 1.82) is 0 Å². The summed E-state index contributed by atoms with van der Waals surface area (Å²) in [4.78, 5) is 0. The number of rotatable bonds is 7. The molecule has 19 heavy (non-hydrogen) atoms. The third-order valence-electron chi connectivity index (χ3n) is 2.11. The molecule has 1 rings (SSSR count). The van der Waals surface area contributed by atoms with Crippen LogP contribution in [0.3, 0.4) is 0 Å². The monoisotopic (exact) mass is 325 g/mol. The largest absolute Gasteiger partial charge is 0.489 e. The second-order valence-electron chi connectivity index (χ2n) is 4.28. The van der Waals surface area contributed by atoms with Crippen molar-refractivity contribution in [3.63, 3.8) is 0 Å². The van der Waals surface area contributed by atoms with Crippen LogP contribution in [0, 0.1) is 0 Å². The van der Waals surface area contributed by atoms with Crippen molar-refractivity contribution >= 4 is 38.9 Å². The highest BCUT2D eigenvalue weighted by Gasteiger charge is 2.11. The number of alkyl halides is 1. The van der Waals surface area contributed by atoms with Crippen LogP contribution in [-0.2, 0) is 10.0 Å². The van der Waals surface area contributed by atoms with Crippen molar-refractivity contribution in [2.45, 2.75) is 26.4 Å². The fraction of sp³-hybridized carbons (Fsp3) is 0.500. The van der Waals surface area contributed by atoms with Crippen molar-refractivity contribution < 1.29 is 13.2 Å². The molecule has 0 fully saturated rings. The van der Waals surface area contributed by atoms with Gasteiger partial charge in [0.05, 0.1) is 22.6 Å². The first kappa shape index (κ1) is 16.4. The number of hydrogen-bond donors (Lipinski definition) is 1. The molecule has 0 aliphatic carbocycles. The summed E-state index contributed by atoms with van der Waals surface area (Å²) in [6.45, 7) is 3.78. The van der Waals surface area contributed by atoms with Gasteiger partial charge in [-0.05, 0) is 38.5 Å². The average molecular weight is 326 g/mol. The van der Waals surface area contributed by atoms with E-state index in [1.54, 1.807) is 12.1 Å². The SMILES string of the molecule is CC(C)Oc1ccc(NS(=O)(=O)CCCCl)cc1Cl. The molecule has 0 atom stereocenters. The average Bonchev–Trinajstić information content (AvgIpc) is 2.29. The van der Waals surface area contributed by atoms with Crippen LogP contribution in [0.15, 0.2) is 18.2 Å². The van der Waals surface area contributed by atoms with Crippen molar-refractivity contribution in [1.82, 2.24) is 0 Å². The molecule has 1 aromatic rings. The van der Waals surface area contributed by atoms with E-state index in [9.17, 15) is 8.42 Å². The molecule has 108 valence electrons. The molecule has 4 nitrogen and oxygen atoms in total. The van der Waals surface area contributed by atoms with Gasteiger partial charge in [0.15, 0.2) is 0 Å². The van der Waals surface area contributed by atoms with Gasteiger partial charge in [-0.2, -0.15) is 0 Å². The van der Waals surface area contributed by atoms with Crippen LogP contribution in [0.4, 0.5) is 5.69 Å². The van der Waals surface area contributed by atoms with Gasteiger partial charge in [-0.25, -0.2) is 8.42 Å². The molecule has 0 aliphatic rings. The van der Waals surface area contributed by atoms with Gasteiger partial charge < -0.3 is 4.74 Å². The van der Waals surface area contributed by atoms with Crippen molar-refractivity contribution in [2.75, 3.05) is 16.4 Å². The van der Waals surface area contributed by atoms with Crippen LogP contribution in [0.25, 0.3) is 0 Å². The maximum atomic E-state index is 11.7. The number of sulfonamides is 1. The second-order valence-corrected chi connectivity index (χ2v) is 6.90. The third kappa shape index (κ3) is 5.89. The van der Waals surface area contributed by atoms with Gasteiger partial charge in [0.1, 0.15) is 5.75 Å². The summed E-state index contributed by atoms with van der Waals surface area (Å²) in [5, 5.41) is 0.367. The highest BCUT2D eigenvalue weighted by atomic mass is 35.5. The van der Waals surface area contributed by atoms with Crippen LogP contribution in [0.1, 0.15) is 20.3 Å². The molecule has 0 amide bonds. The molecule has 1 aromatic carbocycles. The maximum absolute atomic E-state index is 11.7. The molecule has 1 N–H and O–H groups in total.